The first-order valence-corrected chi connectivity index (χ1v) is 10.2. The third-order valence-electron chi connectivity index (χ3n) is 5.07. The van der Waals surface area contributed by atoms with E-state index in [0.29, 0.717) is 19.6 Å². The molecule has 0 radical (unpaired) electrons. The van der Waals surface area contributed by atoms with Crippen molar-refractivity contribution >= 4 is 18.0 Å². The number of nitrogens with zero attached hydrogens (tertiary/aromatic N) is 1. The van der Waals surface area contributed by atoms with Crippen LogP contribution in [0.1, 0.15) is 44.6 Å². The molecular formula is C21H28N2O6. The Morgan fingerprint density at radius 3 is 2.83 bits per heavy atom. The molecule has 8 heteroatoms. The van der Waals surface area contributed by atoms with Crippen molar-refractivity contribution in [1.82, 2.24) is 10.2 Å². The fourth-order valence-electron chi connectivity index (χ4n) is 3.49. The van der Waals surface area contributed by atoms with Crippen LogP contribution >= 0.6 is 0 Å². The minimum absolute atomic E-state index is 0.0632. The smallest absolute Gasteiger partial charge is 0.410 e. The number of carbonyl (C=O) groups excluding carboxylic acids is 3. The molecule has 0 saturated carbocycles. The second-order valence-electron chi connectivity index (χ2n) is 7.29. The molecule has 2 amide bonds. The minimum atomic E-state index is -0.780. The molecule has 2 fully saturated rings. The highest BCUT2D eigenvalue weighted by atomic mass is 16.7. The summed E-state index contributed by atoms with van der Waals surface area (Å²) in [4.78, 5) is 38.4. The Kier molecular flexibility index (Phi) is 7.46. The van der Waals surface area contributed by atoms with E-state index in [1.807, 2.05) is 37.3 Å². The first-order valence-electron chi connectivity index (χ1n) is 10.2. The Hall–Kier alpha value is -2.61. The van der Waals surface area contributed by atoms with Crippen LogP contribution in [0.15, 0.2) is 30.3 Å². The van der Waals surface area contributed by atoms with Crippen LogP contribution in [0.25, 0.3) is 0 Å². The fourth-order valence-corrected chi connectivity index (χ4v) is 3.49. The molecule has 1 N–H and O–H groups in total. The molecule has 0 bridgehead atoms. The van der Waals surface area contributed by atoms with Gasteiger partial charge in [0, 0.05) is 6.54 Å². The number of amides is 2. The van der Waals surface area contributed by atoms with Gasteiger partial charge in [0.1, 0.15) is 18.7 Å². The lowest BCUT2D eigenvalue weighted by molar-refractivity contribution is -0.165. The largest absolute Gasteiger partial charge is 0.445 e. The number of rotatable bonds is 8. The molecule has 158 valence electrons. The molecule has 2 aliphatic heterocycles. The summed E-state index contributed by atoms with van der Waals surface area (Å²) in [5.74, 6) is -0.714. The van der Waals surface area contributed by atoms with Crippen LogP contribution in [-0.4, -0.2) is 54.4 Å². The highest BCUT2D eigenvalue weighted by Crippen LogP contribution is 2.22. The Balaban J connectivity index is 1.53. The van der Waals surface area contributed by atoms with E-state index in [0.717, 1.165) is 24.8 Å². The van der Waals surface area contributed by atoms with Gasteiger partial charge in [-0.25, -0.2) is 4.79 Å². The molecule has 8 nitrogen and oxygen atoms in total. The maximum atomic E-state index is 12.8. The first kappa shape index (κ1) is 21.1. The summed E-state index contributed by atoms with van der Waals surface area (Å²) in [6.45, 7) is 3.11. The number of hydrogen-bond acceptors (Lipinski definition) is 6. The molecule has 0 unspecified atom stereocenters. The van der Waals surface area contributed by atoms with Crippen LogP contribution in [0.4, 0.5) is 4.79 Å². The molecular weight excluding hydrogens is 376 g/mol. The van der Waals surface area contributed by atoms with E-state index in [4.69, 9.17) is 14.2 Å². The number of likely N-dealkylation sites (tertiary alicyclic amines) is 1. The normalized spacial score (nSPS) is 23.7. The molecule has 2 saturated heterocycles. The summed E-state index contributed by atoms with van der Waals surface area (Å²) >= 11 is 0. The summed E-state index contributed by atoms with van der Waals surface area (Å²) in [6.07, 6.45) is 1.84. The van der Waals surface area contributed by atoms with Crippen molar-refractivity contribution in [3.63, 3.8) is 0 Å². The summed E-state index contributed by atoms with van der Waals surface area (Å²) in [5, 5.41) is 2.83. The topological polar surface area (TPSA) is 94.2 Å². The fraction of sp³-hybridized carbons (Fsp3) is 0.571. The molecule has 3 atom stereocenters. The lowest BCUT2D eigenvalue weighted by Crippen LogP contribution is -2.51. The molecule has 0 aromatic heterocycles. The van der Waals surface area contributed by atoms with E-state index in [-0.39, 0.29) is 18.9 Å². The second kappa shape index (κ2) is 10.2. The third kappa shape index (κ3) is 5.69. The van der Waals surface area contributed by atoms with Crippen molar-refractivity contribution in [2.24, 2.45) is 0 Å². The van der Waals surface area contributed by atoms with E-state index in [9.17, 15) is 14.4 Å². The average Bonchev–Trinajstić information content (AvgIpc) is 3.34. The van der Waals surface area contributed by atoms with Gasteiger partial charge in [0.25, 0.3) is 0 Å². The third-order valence-corrected chi connectivity index (χ3v) is 5.07. The van der Waals surface area contributed by atoms with Gasteiger partial charge in [0.2, 0.25) is 12.2 Å². The van der Waals surface area contributed by atoms with Gasteiger partial charge < -0.3 is 19.5 Å². The van der Waals surface area contributed by atoms with E-state index in [2.05, 4.69) is 5.32 Å². The van der Waals surface area contributed by atoms with Gasteiger partial charge in [-0.05, 0) is 24.8 Å². The van der Waals surface area contributed by atoms with Crippen molar-refractivity contribution in [2.45, 2.75) is 64.0 Å². The van der Waals surface area contributed by atoms with E-state index in [1.165, 1.54) is 4.90 Å². The van der Waals surface area contributed by atoms with E-state index in [1.54, 1.807) is 0 Å². The second-order valence-corrected chi connectivity index (χ2v) is 7.29. The van der Waals surface area contributed by atoms with Crippen LogP contribution in [0.2, 0.25) is 0 Å². The molecule has 0 spiro atoms. The maximum absolute atomic E-state index is 12.8. The number of carbonyl (C=O) groups is 3. The van der Waals surface area contributed by atoms with Crippen LogP contribution in [0.3, 0.4) is 0 Å². The molecule has 1 aromatic rings. The number of esters is 1. The van der Waals surface area contributed by atoms with Gasteiger partial charge in [0.15, 0.2) is 0 Å². The number of cyclic esters (lactones) is 1. The number of unbranched alkanes of at least 4 members (excludes halogenated alkanes) is 1. The predicted octanol–water partition coefficient (Wildman–Crippen LogP) is 2.36. The quantitative estimate of drug-likeness (QED) is 0.528. The van der Waals surface area contributed by atoms with Crippen molar-refractivity contribution in [3.05, 3.63) is 35.9 Å². The summed E-state index contributed by atoms with van der Waals surface area (Å²) in [6, 6.07) is 8.22. The maximum Gasteiger partial charge on any atom is 0.410 e. The standard InChI is InChI=1S/C21H28N2O6/c1-2-3-12-27-20-16(13-18(24)29-20)22-19(25)17-10-7-11-23(17)21(26)28-14-15-8-5-4-6-9-15/h4-6,8-9,16-17,20H,2-3,7,10-14H2,1H3,(H,22,25)/t16-,17-,20+/m0/s1. The van der Waals surface area contributed by atoms with Crippen molar-refractivity contribution in [1.29, 1.82) is 0 Å². The van der Waals surface area contributed by atoms with Gasteiger partial charge >= 0.3 is 12.1 Å². The number of benzene rings is 1. The van der Waals surface area contributed by atoms with Gasteiger partial charge in [-0.15, -0.1) is 0 Å². The van der Waals surface area contributed by atoms with Gasteiger partial charge in [-0.1, -0.05) is 43.7 Å². The lowest BCUT2D eigenvalue weighted by Gasteiger charge is -2.26. The van der Waals surface area contributed by atoms with E-state index >= 15 is 0 Å². The lowest BCUT2D eigenvalue weighted by atomic mass is 10.1. The predicted molar refractivity (Wildman–Crippen MR) is 104 cm³/mol. The van der Waals surface area contributed by atoms with Crippen LogP contribution in [0, 0.1) is 0 Å². The molecule has 29 heavy (non-hydrogen) atoms. The summed E-state index contributed by atoms with van der Waals surface area (Å²) in [5.41, 5.74) is 0.884. The molecule has 0 aliphatic carbocycles. The van der Waals surface area contributed by atoms with Gasteiger partial charge in [0.05, 0.1) is 13.0 Å². The molecule has 2 aliphatic rings. The monoisotopic (exact) mass is 404 g/mol. The zero-order chi connectivity index (χ0) is 20.6. The number of hydrogen-bond donors (Lipinski definition) is 1. The highest BCUT2D eigenvalue weighted by molar-refractivity contribution is 5.87. The van der Waals surface area contributed by atoms with Crippen LogP contribution in [0.5, 0.6) is 0 Å². The zero-order valence-electron chi connectivity index (χ0n) is 16.7. The van der Waals surface area contributed by atoms with Crippen LogP contribution in [-0.2, 0) is 30.4 Å². The molecule has 2 heterocycles. The zero-order valence-corrected chi connectivity index (χ0v) is 16.7. The summed E-state index contributed by atoms with van der Waals surface area (Å²) in [7, 11) is 0. The Bertz CT molecular complexity index is 710. The van der Waals surface area contributed by atoms with Gasteiger partial charge in [-0.2, -0.15) is 0 Å². The van der Waals surface area contributed by atoms with Crippen molar-refractivity contribution in [2.75, 3.05) is 13.2 Å². The Morgan fingerprint density at radius 1 is 1.28 bits per heavy atom. The van der Waals surface area contributed by atoms with Gasteiger partial charge in [-0.3, -0.25) is 14.5 Å². The van der Waals surface area contributed by atoms with E-state index < -0.39 is 30.4 Å². The first-order chi connectivity index (χ1) is 14.1. The minimum Gasteiger partial charge on any atom is -0.445 e. The molecule has 3 rings (SSSR count). The Labute approximate surface area is 170 Å². The van der Waals surface area contributed by atoms with Crippen LogP contribution < -0.4 is 5.32 Å². The highest BCUT2D eigenvalue weighted by Gasteiger charge is 2.41. The number of ether oxygens (including phenoxy) is 3. The average molecular weight is 404 g/mol. The SMILES string of the molecule is CCCCO[C@@H]1OC(=O)C[C@@H]1NC(=O)[C@@H]1CCCN1C(=O)OCc1ccccc1. The molecule has 1 aromatic carbocycles. The van der Waals surface area contributed by atoms with Crippen molar-refractivity contribution < 1.29 is 28.6 Å². The number of nitrogens with one attached hydrogen (secondary N) is 1. The Morgan fingerprint density at radius 2 is 2.07 bits per heavy atom. The summed E-state index contributed by atoms with van der Waals surface area (Å²) < 4.78 is 16.1. The van der Waals surface area contributed by atoms with Crippen molar-refractivity contribution in [3.8, 4) is 0 Å².